The topological polar surface area (TPSA) is 114 Å². The number of ether oxygens (including phenoxy) is 3. The number of nitrogens with two attached hydrogens (primary N) is 2. The monoisotopic (exact) mass is 506 g/mol. The second-order valence-corrected chi connectivity index (χ2v) is 8.60. The minimum Gasteiger partial charge on any atom is -0.462 e. The van der Waals surface area contributed by atoms with Gasteiger partial charge in [-0.1, -0.05) is 18.2 Å². The van der Waals surface area contributed by atoms with Crippen molar-refractivity contribution in [1.82, 2.24) is 0 Å². The highest BCUT2D eigenvalue weighted by Crippen LogP contribution is 2.29. The van der Waals surface area contributed by atoms with E-state index in [4.69, 9.17) is 25.7 Å². The lowest BCUT2D eigenvalue weighted by Gasteiger charge is -2.27. The van der Waals surface area contributed by atoms with Crippen LogP contribution in [-0.4, -0.2) is 37.4 Å². The summed E-state index contributed by atoms with van der Waals surface area (Å²) in [6.07, 6.45) is 0.0690. The van der Waals surface area contributed by atoms with Crippen LogP contribution < -0.4 is 16.2 Å². The van der Waals surface area contributed by atoms with Crippen molar-refractivity contribution in [2.75, 3.05) is 24.7 Å². The van der Waals surface area contributed by atoms with Crippen LogP contribution in [0, 0.1) is 5.92 Å². The van der Waals surface area contributed by atoms with Gasteiger partial charge < -0.3 is 25.7 Å². The molecule has 36 heavy (non-hydrogen) atoms. The van der Waals surface area contributed by atoms with Crippen LogP contribution in [0.25, 0.3) is 6.08 Å². The first-order valence-electron chi connectivity index (χ1n) is 11.6. The molecule has 0 radical (unpaired) electrons. The average Bonchev–Trinajstić information content (AvgIpc) is 2.83. The predicted molar refractivity (Wildman–Crippen MR) is 129 cm³/mol. The largest absolute Gasteiger partial charge is 0.462 e. The van der Waals surface area contributed by atoms with Gasteiger partial charge in [-0.25, -0.2) is 4.79 Å². The fraction of sp³-hybridized carbons (Fsp3) is 0.385. The predicted octanol–water partition coefficient (Wildman–Crippen LogP) is 4.69. The Labute approximate surface area is 207 Å². The molecule has 0 aromatic heterocycles. The maximum Gasteiger partial charge on any atom is 0.411 e. The van der Waals surface area contributed by atoms with E-state index in [0.29, 0.717) is 54.8 Å². The standard InChI is InChI=1S/C26H29F3N2O5/c27-26(28,29)16-35-21-10-5-19(6-11-21)25(33)36-22-8-1-17(2-9-22)3-12-24(32)34-14-13-18-4-7-20(30)15-23(18)31/h1-4,7-9,12,15,19,21H,5-6,10-11,13-14,16,30-31H2/b12-3+. The summed E-state index contributed by atoms with van der Waals surface area (Å²) in [5.41, 5.74) is 14.2. The third-order valence-electron chi connectivity index (χ3n) is 5.79. The first kappa shape index (κ1) is 27.1. The number of esters is 2. The molecule has 0 aliphatic heterocycles. The van der Waals surface area contributed by atoms with Crippen molar-refractivity contribution in [3.05, 3.63) is 59.7 Å². The number of hydrogen-bond donors (Lipinski definition) is 2. The number of alkyl halides is 3. The molecule has 0 unspecified atom stereocenters. The zero-order valence-corrected chi connectivity index (χ0v) is 19.6. The van der Waals surface area contributed by atoms with Crippen LogP contribution in [-0.2, 0) is 25.5 Å². The zero-order chi connectivity index (χ0) is 26.1. The Balaban J connectivity index is 1.39. The van der Waals surface area contributed by atoms with Crippen molar-refractivity contribution in [2.45, 2.75) is 44.4 Å². The van der Waals surface area contributed by atoms with E-state index < -0.39 is 30.8 Å². The summed E-state index contributed by atoms with van der Waals surface area (Å²) in [4.78, 5) is 24.4. The first-order valence-corrected chi connectivity index (χ1v) is 11.6. The number of carbonyl (C=O) groups excluding carboxylic acids is 2. The van der Waals surface area contributed by atoms with E-state index in [1.807, 2.05) is 0 Å². The average molecular weight is 507 g/mol. The molecule has 0 atom stereocenters. The van der Waals surface area contributed by atoms with Gasteiger partial charge in [0.25, 0.3) is 0 Å². The molecule has 0 heterocycles. The third kappa shape index (κ3) is 8.92. The molecule has 0 saturated heterocycles. The van der Waals surface area contributed by atoms with E-state index in [1.54, 1.807) is 48.5 Å². The summed E-state index contributed by atoms with van der Waals surface area (Å²) < 4.78 is 52.3. The maximum absolute atomic E-state index is 12.4. The lowest BCUT2D eigenvalue weighted by atomic mass is 9.87. The van der Waals surface area contributed by atoms with E-state index in [2.05, 4.69) is 0 Å². The minimum absolute atomic E-state index is 0.169. The van der Waals surface area contributed by atoms with Crippen molar-refractivity contribution in [3.63, 3.8) is 0 Å². The molecule has 7 nitrogen and oxygen atoms in total. The molecule has 2 aromatic rings. The number of benzene rings is 2. The molecule has 0 spiro atoms. The molecule has 0 bridgehead atoms. The van der Waals surface area contributed by atoms with E-state index in [0.717, 1.165) is 5.56 Å². The van der Waals surface area contributed by atoms with Crippen LogP contribution in [0.5, 0.6) is 5.75 Å². The summed E-state index contributed by atoms with van der Waals surface area (Å²) in [7, 11) is 0. The van der Waals surface area contributed by atoms with Crippen LogP contribution in [0.15, 0.2) is 48.5 Å². The van der Waals surface area contributed by atoms with Gasteiger partial charge in [0.2, 0.25) is 0 Å². The van der Waals surface area contributed by atoms with Gasteiger partial charge in [0.05, 0.1) is 18.6 Å². The van der Waals surface area contributed by atoms with Crippen LogP contribution in [0.2, 0.25) is 0 Å². The molecule has 4 N–H and O–H groups in total. The summed E-state index contributed by atoms with van der Waals surface area (Å²) in [6.45, 7) is -1.10. The van der Waals surface area contributed by atoms with Crippen LogP contribution in [0.4, 0.5) is 24.5 Å². The van der Waals surface area contributed by atoms with Crippen molar-refractivity contribution in [2.24, 2.45) is 5.92 Å². The summed E-state index contributed by atoms with van der Waals surface area (Å²) in [5.74, 6) is -0.961. The molecule has 194 valence electrons. The van der Waals surface area contributed by atoms with Gasteiger partial charge in [0, 0.05) is 23.9 Å². The Bertz CT molecular complexity index is 1060. The second kappa shape index (κ2) is 12.4. The van der Waals surface area contributed by atoms with Gasteiger partial charge in [0.15, 0.2) is 0 Å². The lowest BCUT2D eigenvalue weighted by Crippen LogP contribution is -2.31. The first-order chi connectivity index (χ1) is 17.1. The molecular formula is C26H29F3N2O5. The Morgan fingerprint density at radius 1 is 1.00 bits per heavy atom. The summed E-state index contributed by atoms with van der Waals surface area (Å²) >= 11 is 0. The highest BCUT2D eigenvalue weighted by Gasteiger charge is 2.32. The Morgan fingerprint density at radius 2 is 1.69 bits per heavy atom. The van der Waals surface area contributed by atoms with Crippen molar-refractivity contribution in [1.29, 1.82) is 0 Å². The number of rotatable bonds is 9. The Hall–Kier alpha value is -3.53. The highest BCUT2D eigenvalue weighted by atomic mass is 19.4. The van der Waals surface area contributed by atoms with Gasteiger partial charge in [-0.05, 0) is 67.2 Å². The zero-order valence-electron chi connectivity index (χ0n) is 19.6. The highest BCUT2D eigenvalue weighted by molar-refractivity contribution is 5.87. The van der Waals surface area contributed by atoms with Gasteiger partial charge in [-0.2, -0.15) is 13.2 Å². The number of anilines is 2. The third-order valence-corrected chi connectivity index (χ3v) is 5.79. The molecular weight excluding hydrogens is 477 g/mol. The summed E-state index contributed by atoms with van der Waals surface area (Å²) in [5, 5.41) is 0. The quantitative estimate of drug-likeness (QED) is 0.219. The number of halogens is 3. The van der Waals surface area contributed by atoms with E-state index in [9.17, 15) is 22.8 Å². The van der Waals surface area contributed by atoms with Gasteiger partial charge in [0.1, 0.15) is 12.4 Å². The van der Waals surface area contributed by atoms with Crippen LogP contribution in [0.3, 0.4) is 0 Å². The molecule has 2 aromatic carbocycles. The molecule has 3 rings (SSSR count). The van der Waals surface area contributed by atoms with Crippen molar-refractivity contribution in [3.8, 4) is 5.75 Å². The number of carbonyl (C=O) groups is 2. The van der Waals surface area contributed by atoms with E-state index in [-0.39, 0.29) is 12.5 Å². The van der Waals surface area contributed by atoms with Gasteiger partial charge in [-0.15, -0.1) is 0 Å². The van der Waals surface area contributed by atoms with Gasteiger partial charge in [-0.3, -0.25) is 4.79 Å². The molecule has 1 fully saturated rings. The SMILES string of the molecule is Nc1ccc(CCOC(=O)/C=C/c2ccc(OC(=O)C3CCC(OCC(F)(F)F)CC3)cc2)c(N)c1. The van der Waals surface area contributed by atoms with Crippen molar-refractivity contribution < 1.29 is 37.0 Å². The smallest absolute Gasteiger partial charge is 0.411 e. The maximum atomic E-state index is 12.4. The lowest BCUT2D eigenvalue weighted by molar-refractivity contribution is -0.189. The number of hydrogen-bond acceptors (Lipinski definition) is 7. The van der Waals surface area contributed by atoms with Crippen LogP contribution in [0.1, 0.15) is 36.8 Å². The molecule has 0 amide bonds. The van der Waals surface area contributed by atoms with Crippen molar-refractivity contribution >= 4 is 29.4 Å². The molecule has 10 heteroatoms. The molecule has 1 aliphatic rings. The Kier molecular flexibility index (Phi) is 9.35. The Morgan fingerprint density at radius 3 is 2.33 bits per heavy atom. The fourth-order valence-corrected chi connectivity index (χ4v) is 3.84. The minimum atomic E-state index is -4.36. The molecule has 1 aliphatic carbocycles. The molecule has 1 saturated carbocycles. The summed E-state index contributed by atoms with van der Waals surface area (Å²) in [6, 6.07) is 11.8. The second-order valence-electron chi connectivity index (χ2n) is 8.60. The fourth-order valence-electron chi connectivity index (χ4n) is 3.84. The van der Waals surface area contributed by atoms with Gasteiger partial charge >= 0.3 is 18.1 Å². The normalized spacial score (nSPS) is 18.2. The van der Waals surface area contributed by atoms with E-state index in [1.165, 1.54) is 6.08 Å². The van der Waals surface area contributed by atoms with E-state index >= 15 is 0 Å². The number of nitrogen functional groups attached to an aromatic ring is 2. The van der Waals surface area contributed by atoms with Crippen LogP contribution >= 0.6 is 0 Å².